The molecule has 0 amide bonds. The molecule has 0 fully saturated rings. The van der Waals surface area contributed by atoms with Gasteiger partial charge in [-0.15, -0.1) is 0 Å². The van der Waals surface area contributed by atoms with E-state index >= 15 is 0 Å². The molecule has 2 aromatic carbocycles. The number of para-hydroxylation sites is 2. The van der Waals surface area contributed by atoms with Crippen LogP contribution in [-0.2, 0) is 0 Å². The van der Waals surface area contributed by atoms with Crippen LogP contribution in [0.1, 0.15) is 0 Å². The Bertz CT molecular complexity index is 686. The molecule has 1 aromatic heterocycles. The molecule has 0 aliphatic heterocycles. The summed E-state index contributed by atoms with van der Waals surface area (Å²) >= 11 is 5.97. The third kappa shape index (κ3) is 1.67. The maximum absolute atomic E-state index is 5.99. The van der Waals surface area contributed by atoms with Gasteiger partial charge < -0.3 is 10.3 Å². The molecule has 17 heavy (non-hydrogen) atoms. The van der Waals surface area contributed by atoms with Gasteiger partial charge in [0.1, 0.15) is 0 Å². The molecule has 3 aromatic rings. The van der Waals surface area contributed by atoms with Gasteiger partial charge in [0.2, 0.25) is 0 Å². The average Bonchev–Trinajstić information content (AvgIpc) is 2.72. The third-order valence-corrected chi connectivity index (χ3v) is 3.08. The molecule has 0 atom stereocenters. The zero-order valence-electron chi connectivity index (χ0n) is 9.10. The van der Waals surface area contributed by atoms with Gasteiger partial charge in [0, 0.05) is 16.6 Å². The Balaban J connectivity index is 2.29. The van der Waals surface area contributed by atoms with E-state index in [0.29, 0.717) is 0 Å². The number of hydrogen-bond donors (Lipinski definition) is 1. The van der Waals surface area contributed by atoms with Crippen molar-refractivity contribution in [3.8, 4) is 5.69 Å². The summed E-state index contributed by atoms with van der Waals surface area (Å²) in [5.41, 5.74) is 8.84. The van der Waals surface area contributed by atoms with Gasteiger partial charge in [-0.2, -0.15) is 0 Å². The van der Waals surface area contributed by atoms with Crippen molar-refractivity contribution >= 4 is 28.2 Å². The summed E-state index contributed by atoms with van der Waals surface area (Å²) in [6.07, 6.45) is 2.01. The second-order valence-electron chi connectivity index (χ2n) is 3.95. The maximum atomic E-state index is 5.99. The van der Waals surface area contributed by atoms with Crippen LogP contribution < -0.4 is 5.73 Å². The Kier molecular flexibility index (Phi) is 2.30. The van der Waals surface area contributed by atoms with E-state index in [2.05, 4.69) is 4.57 Å². The number of nitrogen functional groups attached to an aromatic ring is 1. The normalized spacial score (nSPS) is 10.9. The number of hydrogen-bond acceptors (Lipinski definition) is 1. The standard InChI is InChI=1S/C14H11ClN2/c15-11-5-6-13-10(9-11)7-8-17(13)14-4-2-1-3-12(14)16/h1-9H,16H2. The molecular formula is C14H11ClN2. The highest BCUT2D eigenvalue weighted by Gasteiger charge is 2.05. The van der Waals surface area contributed by atoms with Gasteiger partial charge in [-0.05, 0) is 36.4 Å². The first kappa shape index (κ1) is 10.2. The predicted molar refractivity (Wildman–Crippen MR) is 72.7 cm³/mol. The Morgan fingerprint density at radius 3 is 2.65 bits per heavy atom. The van der Waals surface area contributed by atoms with E-state index in [1.807, 2.05) is 54.7 Å². The smallest absolute Gasteiger partial charge is 0.0685 e. The van der Waals surface area contributed by atoms with Crippen LogP contribution in [0.25, 0.3) is 16.6 Å². The van der Waals surface area contributed by atoms with E-state index in [-0.39, 0.29) is 0 Å². The minimum atomic E-state index is 0.747. The summed E-state index contributed by atoms with van der Waals surface area (Å²) in [6, 6.07) is 15.7. The number of rotatable bonds is 1. The quantitative estimate of drug-likeness (QED) is 0.646. The lowest BCUT2D eigenvalue weighted by atomic mass is 10.2. The van der Waals surface area contributed by atoms with Crippen molar-refractivity contribution in [1.82, 2.24) is 4.57 Å². The van der Waals surface area contributed by atoms with Crippen LogP contribution in [0.3, 0.4) is 0 Å². The summed E-state index contributed by atoms with van der Waals surface area (Å²) < 4.78 is 2.07. The third-order valence-electron chi connectivity index (χ3n) is 2.85. The molecule has 0 aliphatic rings. The van der Waals surface area contributed by atoms with E-state index < -0.39 is 0 Å². The molecule has 0 aliphatic carbocycles. The number of benzene rings is 2. The molecule has 84 valence electrons. The van der Waals surface area contributed by atoms with Crippen LogP contribution >= 0.6 is 11.6 Å². The van der Waals surface area contributed by atoms with Crippen LogP contribution in [0.5, 0.6) is 0 Å². The fourth-order valence-electron chi connectivity index (χ4n) is 2.03. The van der Waals surface area contributed by atoms with Crippen molar-refractivity contribution in [2.75, 3.05) is 5.73 Å². The van der Waals surface area contributed by atoms with Crippen molar-refractivity contribution in [2.24, 2.45) is 0 Å². The summed E-state index contributed by atoms with van der Waals surface area (Å²) in [6.45, 7) is 0. The Labute approximate surface area is 104 Å². The molecule has 0 radical (unpaired) electrons. The molecule has 0 bridgehead atoms. The van der Waals surface area contributed by atoms with Crippen molar-refractivity contribution in [2.45, 2.75) is 0 Å². The van der Waals surface area contributed by atoms with Crippen molar-refractivity contribution in [3.05, 3.63) is 59.8 Å². The van der Waals surface area contributed by atoms with Gasteiger partial charge in [0.15, 0.2) is 0 Å². The topological polar surface area (TPSA) is 30.9 Å². The minimum absolute atomic E-state index is 0.747. The number of fused-ring (bicyclic) bond motifs is 1. The Hall–Kier alpha value is -1.93. The van der Waals surface area contributed by atoms with Gasteiger partial charge in [0.05, 0.1) is 16.9 Å². The summed E-state index contributed by atoms with van der Waals surface area (Å²) in [5, 5.41) is 1.86. The number of nitrogens with two attached hydrogens (primary N) is 1. The Morgan fingerprint density at radius 1 is 1.00 bits per heavy atom. The second kappa shape index (κ2) is 3.82. The fraction of sp³-hybridized carbons (Fsp3) is 0. The molecule has 0 spiro atoms. The molecule has 2 N–H and O–H groups in total. The van der Waals surface area contributed by atoms with E-state index in [0.717, 1.165) is 27.3 Å². The molecule has 1 heterocycles. The largest absolute Gasteiger partial charge is 0.397 e. The molecule has 0 saturated heterocycles. The lowest BCUT2D eigenvalue weighted by Gasteiger charge is -2.08. The second-order valence-corrected chi connectivity index (χ2v) is 4.38. The van der Waals surface area contributed by atoms with Crippen LogP contribution in [0.4, 0.5) is 5.69 Å². The zero-order valence-corrected chi connectivity index (χ0v) is 9.85. The first-order valence-corrected chi connectivity index (χ1v) is 5.75. The van der Waals surface area contributed by atoms with Crippen LogP contribution in [0.15, 0.2) is 54.7 Å². The monoisotopic (exact) mass is 242 g/mol. The number of aromatic nitrogens is 1. The van der Waals surface area contributed by atoms with E-state index in [4.69, 9.17) is 17.3 Å². The first-order valence-electron chi connectivity index (χ1n) is 5.37. The molecular weight excluding hydrogens is 232 g/mol. The molecule has 2 nitrogen and oxygen atoms in total. The van der Waals surface area contributed by atoms with Gasteiger partial charge in [-0.1, -0.05) is 23.7 Å². The van der Waals surface area contributed by atoms with Gasteiger partial charge >= 0.3 is 0 Å². The van der Waals surface area contributed by atoms with Crippen LogP contribution in [0, 0.1) is 0 Å². The first-order chi connectivity index (χ1) is 8.25. The minimum Gasteiger partial charge on any atom is -0.397 e. The van der Waals surface area contributed by atoms with Crippen molar-refractivity contribution in [3.63, 3.8) is 0 Å². The molecule has 0 saturated carbocycles. The Morgan fingerprint density at radius 2 is 1.82 bits per heavy atom. The highest BCUT2D eigenvalue weighted by Crippen LogP contribution is 2.26. The molecule has 3 rings (SSSR count). The maximum Gasteiger partial charge on any atom is 0.0685 e. The van der Waals surface area contributed by atoms with Crippen LogP contribution in [-0.4, -0.2) is 4.57 Å². The van der Waals surface area contributed by atoms with Gasteiger partial charge in [-0.3, -0.25) is 0 Å². The SMILES string of the molecule is Nc1ccccc1-n1ccc2cc(Cl)ccc21. The van der Waals surface area contributed by atoms with Crippen molar-refractivity contribution < 1.29 is 0 Å². The summed E-state index contributed by atoms with van der Waals surface area (Å²) in [4.78, 5) is 0. The van der Waals surface area contributed by atoms with E-state index in [9.17, 15) is 0 Å². The van der Waals surface area contributed by atoms with Gasteiger partial charge in [0.25, 0.3) is 0 Å². The predicted octanol–water partition coefficient (Wildman–Crippen LogP) is 3.87. The zero-order chi connectivity index (χ0) is 11.8. The van der Waals surface area contributed by atoms with E-state index in [1.165, 1.54) is 0 Å². The summed E-state index contributed by atoms with van der Waals surface area (Å²) in [5.74, 6) is 0. The van der Waals surface area contributed by atoms with Crippen LogP contribution in [0.2, 0.25) is 5.02 Å². The van der Waals surface area contributed by atoms with Crippen molar-refractivity contribution in [1.29, 1.82) is 0 Å². The van der Waals surface area contributed by atoms with Gasteiger partial charge in [-0.25, -0.2) is 0 Å². The fourth-order valence-corrected chi connectivity index (χ4v) is 2.21. The average molecular weight is 243 g/mol. The summed E-state index contributed by atoms with van der Waals surface area (Å²) in [7, 11) is 0. The lowest BCUT2D eigenvalue weighted by molar-refractivity contribution is 1.13. The highest BCUT2D eigenvalue weighted by molar-refractivity contribution is 6.31. The lowest BCUT2D eigenvalue weighted by Crippen LogP contribution is -1.97. The molecule has 0 unspecified atom stereocenters. The number of anilines is 1. The number of nitrogens with zero attached hydrogens (tertiary/aromatic N) is 1. The van der Waals surface area contributed by atoms with E-state index in [1.54, 1.807) is 0 Å². The number of halogens is 1. The molecule has 3 heteroatoms. The highest BCUT2D eigenvalue weighted by atomic mass is 35.5.